The van der Waals surface area contributed by atoms with E-state index in [-0.39, 0.29) is 5.97 Å². The summed E-state index contributed by atoms with van der Waals surface area (Å²) < 4.78 is 12.3. The number of benzene rings is 1. The molecule has 0 aliphatic rings. The molecule has 0 aliphatic carbocycles. The average Bonchev–Trinajstić information content (AvgIpc) is 2.74. The number of aryl methyl sites for hydroxylation is 1. The predicted octanol–water partition coefficient (Wildman–Crippen LogP) is 3.28. The first kappa shape index (κ1) is 14.2. The van der Waals surface area contributed by atoms with Crippen LogP contribution in [0.4, 0.5) is 0 Å². The molecule has 0 spiro atoms. The van der Waals surface area contributed by atoms with Gasteiger partial charge in [-0.1, -0.05) is 6.07 Å². The number of carbonyl (C=O) groups excluding carboxylic acids is 1. The standard InChI is InChI=1S/C16H19NO3/c1-5-20-16(18)15-9-11(2)17(12(15)3)13-7-6-8-14(10-13)19-4/h6-10H,5H2,1-4H3. The summed E-state index contributed by atoms with van der Waals surface area (Å²) in [5.41, 5.74) is 3.43. The van der Waals surface area contributed by atoms with Crippen LogP contribution in [0, 0.1) is 13.8 Å². The number of hydrogen-bond donors (Lipinski definition) is 0. The highest BCUT2D eigenvalue weighted by Gasteiger charge is 2.17. The normalized spacial score (nSPS) is 10.4. The smallest absolute Gasteiger partial charge is 0.339 e. The molecule has 1 heterocycles. The van der Waals surface area contributed by atoms with E-state index < -0.39 is 0 Å². The second-order valence-electron chi connectivity index (χ2n) is 4.54. The molecule has 2 rings (SSSR count). The van der Waals surface area contributed by atoms with Crippen molar-refractivity contribution in [2.75, 3.05) is 13.7 Å². The lowest BCUT2D eigenvalue weighted by Crippen LogP contribution is -2.07. The van der Waals surface area contributed by atoms with Crippen LogP contribution >= 0.6 is 0 Å². The maximum atomic E-state index is 11.9. The summed E-state index contributed by atoms with van der Waals surface area (Å²) in [6, 6.07) is 9.60. The van der Waals surface area contributed by atoms with E-state index in [2.05, 4.69) is 0 Å². The highest BCUT2D eigenvalue weighted by atomic mass is 16.5. The maximum absolute atomic E-state index is 11.9. The van der Waals surface area contributed by atoms with Crippen molar-refractivity contribution < 1.29 is 14.3 Å². The van der Waals surface area contributed by atoms with Gasteiger partial charge in [0.2, 0.25) is 0 Å². The van der Waals surface area contributed by atoms with Crippen LogP contribution in [-0.4, -0.2) is 24.3 Å². The molecule has 0 amide bonds. The van der Waals surface area contributed by atoms with Crippen LogP contribution in [0.1, 0.15) is 28.7 Å². The Morgan fingerprint density at radius 1 is 1.25 bits per heavy atom. The fourth-order valence-electron chi connectivity index (χ4n) is 2.33. The lowest BCUT2D eigenvalue weighted by atomic mass is 10.2. The quantitative estimate of drug-likeness (QED) is 0.803. The minimum absolute atomic E-state index is 0.283. The van der Waals surface area contributed by atoms with Gasteiger partial charge in [-0.25, -0.2) is 4.79 Å². The van der Waals surface area contributed by atoms with E-state index in [0.29, 0.717) is 12.2 Å². The van der Waals surface area contributed by atoms with Crippen LogP contribution in [-0.2, 0) is 4.74 Å². The van der Waals surface area contributed by atoms with Gasteiger partial charge in [0.25, 0.3) is 0 Å². The molecular weight excluding hydrogens is 254 g/mol. The Bertz CT molecular complexity index is 629. The number of ether oxygens (including phenoxy) is 2. The van der Waals surface area contributed by atoms with Gasteiger partial charge in [0.1, 0.15) is 5.75 Å². The second-order valence-corrected chi connectivity index (χ2v) is 4.54. The highest BCUT2D eigenvalue weighted by molar-refractivity contribution is 5.91. The molecule has 0 saturated carbocycles. The Labute approximate surface area is 118 Å². The van der Waals surface area contributed by atoms with Gasteiger partial charge in [-0.2, -0.15) is 0 Å². The molecular formula is C16H19NO3. The number of hydrogen-bond acceptors (Lipinski definition) is 3. The van der Waals surface area contributed by atoms with Gasteiger partial charge < -0.3 is 14.0 Å². The number of rotatable bonds is 4. The van der Waals surface area contributed by atoms with Gasteiger partial charge in [0.05, 0.1) is 19.3 Å². The van der Waals surface area contributed by atoms with Gasteiger partial charge in [-0.15, -0.1) is 0 Å². The molecule has 2 aromatic rings. The van der Waals surface area contributed by atoms with Crippen molar-refractivity contribution in [2.24, 2.45) is 0 Å². The number of nitrogens with zero attached hydrogens (tertiary/aromatic N) is 1. The van der Waals surface area contributed by atoms with Crippen molar-refractivity contribution in [3.8, 4) is 11.4 Å². The molecule has 1 aromatic carbocycles. The Kier molecular flexibility index (Phi) is 4.13. The zero-order valence-corrected chi connectivity index (χ0v) is 12.3. The number of carbonyl (C=O) groups is 1. The molecule has 0 atom stereocenters. The van der Waals surface area contributed by atoms with E-state index in [1.54, 1.807) is 14.0 Å². The zero-order valence-electron chi connectivity index (χ0n) is 12.3. The fourth-order valence-corrected chi connectivity index (χ4v) is 2.33. The Morgan fingerprint density at radius 2 is 2.00 bits per heavy atom. The summed E-state index contributed by atoms with van der Waals surface area (Å²) in [5.74, 6) is 0.502. The number of esters is 1. The molecule has 0 unspecified atom stereocenters. The van der Waals surface area contributed by atoms with E-state index in [1.807, 2.05) is 48.7 Å². The molecule has 20 heavy (non-hydrogen) atoms. The van der Waals surface area contributed by atoms with Crippen LogP contribution in [0.3, 0.4) is 0 Å². The lowest BCUT2D eigenvalue weighted by Gasteiger charge is -2.11. The molecule has 0 N–H and O–H groups in total. The monoisotopic (exact) mass is 273 g/mol. The third-order valence-corrected chi connectivity index (χ3v) is 3.24. The van der Waals surface area contributed by atoms with Gasteiger partial charge in [-0.05, 0) is 39.0 Å². The SMILES string of the molecule is CCOC(=O)c1cc(C)n(-c2cccc(OC)c2)c1C. The van der Waals surface area contributed by atoms with Crippen molar-refractivity contribution in [3.63, 3.8) is 0 Å². The van der Waals surface area contributed by atoms with Gasteiger partial charge >= 0.3 is 5.97 Å². The van der Waals surface area contributed by atoms with E-state index in [0.717, 1.165) is 22.8 Å². The summed E-state index contributed by atoms with van der Waals surface area (Å²) >= 11 is 0. The minimum atomic E-state index is -0.283. The van der Waals surface area contributed by atoms with E-state index in [9.17, 15) is 4.79 Å². The highest BCUT2D eigenvalue weighted by Crippen LogP contribution is 2.24. The van der Waals surface area contributed by atoms with E-state index >= 15 is 0 Å². The average molecular weight is 273 g/mol. The summed E-state index contributed by atoms with van der Waals surface area (Å²) in [7, 11) is 1.64. The van der Waals surface area contributed by atoms with Crippen LogP contribution < -0.4 is 4.74 Å². The zero-order chi connectivity index (χ0) is 14.7. The van der Waals surface area contributed by atoms with Gasteiger partial charge in [0.15, 0.2) is 0 Å². The third kappa shape index (κ3) is 2.54. The van der Waals surface area contributed by atoms with E-state index in [4.69, 9.17) is 9.47 Å². The summed E-state index contributed by atoms with van der Waals surface area (Å²) in [6.45, 7) is 6.06. The molecule has 0 bridgehead atoms. The lowest BCUT2D eigenvalue weighted by molar-refractivity contribution is 0.0525. The molecule has 0 fully saturated rings. The Balaban J connectivity index is 2.49. The van der Waals surface area contributed by atoms with Gasteiger partial charge in [-0.3, -0.25) is 0 Å². The molecule has 106 valence electrons. The Hall–Kier alpha value is -2.23. The number of aromatic nitrogens is 1. The molecule has 0 saturated heterocycles. The topological polar surface area (TPSA) is 40.5 Å². The van der Waals surface area contributed by atoms with Crippen molar-refractivity contribution >= 4 is 5.97 Å². The first-order valence-electron chi connectivity index (χ1n) is 6.59. The van der Waals surface area contributed by atoms with Crippen LogP contribution in [0.25, 0.3) is 5.69 Å². The molecule has 0 aliphatic heterocycles. The first-order chi connectivity index (χ1) is 9.58. The maximum Gasteiger partial charge on any atom is 0.339 e. The fraction of sp³-hybridized carbons (Fsp3) is 0.312. The minimum Gasteiger partial charge on any atom is -0.497 e. The second kappa shape index (κ2) is 5.82. The largest absolute Gasteiger partial charge is 0.497 e. The number of methoxy groups -OCH3 is 1. The van der Waals surface area contributed by atoms with Crippen LogP contribution in [0.15, 0.2) is 30.3 Å². The van der Waals surface area contributed by atoms with Crippen LogP contribution in [0.2, 0.25) is 0 Å². The van der Waals surface area contributed by atoms with E-state index in [1.165, 1.54) is 0 Å². The van der Waals surface area contributed by atoms with Crippen molar-refractivity contribution in [3.05, 3.63) is 47.3 Å². The van der Waals surface area contributed by atoms with Crippen LogP contribution in [0.5, 0.6) is 5.75 Å². The van der Waals surface area contributed by atoms with Crippen molar-refractivity contribution in [2.45, 2.75) is 20.8 Å². The summed E-state index contributed by atoms with van der Waals surface area (Å²) in [4.78, 5) is 11.9. The first-order valence-corrected chi connectivity index (χ1v) is 6.59. The van der Waals surface area contributed by atoms with Gasteiger partial charge in [0, 0.05) is 23.1 Å². The molecule has 0 radical (unpaired) electrons. The summed E-state index contributed by atoms with van der Waals surface area (Å²) in [5, 5.41) is 0. The third-order valence-electron chi connectivity index (χ3n) is 3.24. The van der Waals surface area contributed by atoms with Crippen molar-refractivity contribution in [1.29, 1.82) is 0 Å². The van der Waals surface area contributed by atoms with Crippen molar-refractivity contribution in [1.82, 2.24) is 4.57 Å². The molecule has 1 aromatic heterocycles. The molecule has 4 heteroatoms. The predicted molar refractivity (Wildman–Crippen MR) is 77.8 cm³/mol. The Morgan fingerprint density at radius 3 is 2.65 bits per heavy atom. The molecule has 4 nitrogen and oxygen atoms in total. The summed E-state index contributed by atoms with van der Waals surface area (Å²) in [6.07, 6.45) is 0.